The Morgan fingerprint density at radius 2 is 1.94 bits per heavy atom. The van der Waals surface area contributed by atoms with Gasteiger partial charge in [-0.2, -0.15) is 0 Å². The quantitative estimate of drug-likeness (QED) is 0.825. The van der Waals surface area contributed by atoms with Gasteiger partial charge in [-0.1, -0.05) is 0 Å². The van der Waals surface area contributed by atoms with Gasteiger partial charge in [0.05, 0.1) is 0 Å². The minimum absolute atomic E-state index is 0.268. The monoisotopic (exact) mass is 229 g/mol. The molecule has 6 heteroatoms. The summed E-state index contributed by atoms with van der Waals surface area (Å²) < 4.78 is 0. The molecule has 0 radical (unpaired) electrons. The van der Waals surface area contributed by atoms with E-state index < -0.39 is 0 Å². The zero-order valence-corrected chi connectivity index (χ0v) is 9.21. The fourth-order valence-corrected chi connectivity index (χ4v) is 1.25. The first-order valence-electron chi connectivity index (χ1n) is 5.02. The molecule has 2 rings (SSSR count). The summed E-state index contributed by atoms with van der Waals surface area (Å²) in [6, 6.07) is 4.96. The summed E-state index contributed by atoms with van der Waals surface area (Å²) in [4.78, 5) is 23.7. The molecule has 0 aliphatic heterocycles. The van der Waals surface area contributed by atoms with Crippen molar-refractivity contribution < 1.29 is 4.79 Å². The normalized spacial score (nSPS) is 9.71. The second-order valence-corrected chi connectivity index (χ2v) is 3.21. The van der Waals surface area contributed by atoms with Crippen molar-refractivity contribution in [2.24, 2.45) is 0 Å². The summed E-state index contributed by atoms with van der Waals surface area (Å²) in [5.74, 6) is 0.641. The van der Waals surface area contributed by atoms with Gasteiger partial charge in [0.1, 0.15) is 5.82 Å². The van der Waals surface area contributed by atoms with Crippen molar-refractivity contribution in [3.05, 3.63) is 42.4 Å². The Morgan fingerprint density at radius 1 is 1.18 bits per heavy atom. The highest BCUT2D eigenvalue weighted by Gasteiger charge is 2.07. The van der Waals surface area contributed by atoms with E-state index in [1.165, 1.54) is 0 Å². The first-order chi connectivity index (χ1) is 8.29. The molecule has 0 atom stereocenters. The van der Waals surface area contributed by atoms with Crippen LogP contribution in [-0.2, 0) is 0 Å². The molecule has 1 amide bonds. The molecule has 0 saturated carbocycles. The SMILES string of the molecule is CNc1cc(C(=O)Nc2ncccn2)ccn1. The van der Waals surface area contributed by atoms with E-state index in [0.717, 1.165) is 0 Å². The Balaban J connectivity index is 2.14. The molecule has 2 aromatic rings. The van der Waals surface area contributed by atoms with Crippen molar-refractivity contribution in [1.82, 2.24) is 15.0 Å². The molecular formula is C11H11N5O. The Hall–Kier alpha value is -2.50. The topological polar surface area (TPSA) is 79.8 Å². The van der Waals surface area contributed by atoms with Crippen LogP contribution in [0.3, 0.4) is 0 Å². The van der Waals surface area contributed by atoms with E-state index in [2.05, 4.69) is 25.6 Å². The lowest BCUT2D eigenvalue weighted by atomic mass is 10.2. The number of nitrogens with one attached hydrogen (secondary N) is 2. The Kier molecular flexibility index (Phi) is 3.25. The molecule has 2 heterocycles. The highest BCUT2D eigenvalue weighted by atomic mass is 16.1. The predicted octanol–water partition coefficient (Wildman–Crippen LogP) is 1.17. The highest BCUT2D eigenvalue weighted by Crippen LogP contribution is 2.07. The van der Waals surface area contributed by atoms with E-state index in [9.17, 15) is 4.79 Å². The summed E-state index contributed by atoms with van der Waals surface area (Å²) in [7, 11) is 1.74. The van der Waals surface area contributed by atoms with Gasteiger partial charge in [0.15, 0.2) is 0 Å². The van der Waals surface area contributed by atoms with Crippen LogP contribution in [0, 0.1) is 0 Å². The van der Waals surface area contributed by atoms with Crippen LogP contribution in [0.1, 0.15) is 10.4 Å². The van der Waals surface area contributed by atoms with Gasteiger partial charge in [0.25, 0.3) is 5.91 Å². The molecule has 0 aromatic carbocycles. The van der Waals surface area contributed by atoms with Crippen LogP contribution < -0.4 is 10.6 Å². The number of rotatable bonds is 3. The third-order valence-electron chi connectivity index (χ3n) is 2.07. The number of pyridine rings is 1. The lowest BCUT2D eigenvalue weighted by Gasteiger charge is -2.04. The summed E-state index contributed by atoms with van der Waals surface area (Å²) >= 11 is 0. The molecule has 2 N–H and O–H groups in total. The van der Waals surface area contributed by atoms with Crippen LogP contribution in [0.5, 0.6) is 0 Å². The summed E-state index contributed by atoms with van der Waals surface area (Å²) in [6.45, 7) is 0. The van der Waals surface area contributed by atoms with E-state index in [1.54, 1.807) is 43.8 Å². The number of amides is 1. The average Bonchev–Trinajstić information content (AvgIpc) is 2.40. The number of hydrogen-bond acceptors (Lipinski definition) is 5. The van der Waals surface area contributed by atoms with Gasteiger partial charge >= 0.3 is 0 Å². The fourth-order valence-electron chi connectivity index (χ4n) is 1.25. The number of hydrogen-bond donors (Lipinski definition) is 2. The van der Waals surface area contributed by atoms with Crippen molar-refractivity contribution in [2.75, 3.05) is 17.7 Å². The number of carbonyl (C=O) groups excluding carboxylic acids is 1. The van der Waals surface area contributed by atoms with Crippen molar-refractivity contribution >= 4 is 17.7 Å². The predicted molar refractivity (Wildman–Crippen MR) is 63.8 cm³/mol. The van der Waals surface area contributed by atoms with Crippen molar-refractivity contribution in [2.45, 2.75) is 0 Å². The Bertz CT molecular complexity index is 514. The first kappa shape index (κ1) is 11.0. The van der Waals surface area contributed by atoms with Gasteiger partial charge < -0.3 is 5.32 Å². The van der Waals surface area contributed by atoms with Crippen LogP contribution in [0.15, 0.2) is 36.8 Å². The maximum Gasteiger partial charge on any atom is 0.258 e. The van der Waals surface area contributed by atoms with Crippen molar-refractivity contribution in [1.29, 1.82) is 0 Å². The van der Waals surface area contributed by atoms with Crippen LogP contribution in [0.25, 0.3) is 0 Å². The molecule has 17 heavy (non-hydrogen) atoms. The van der Waals surface area contributed by atoms with E-state index in [4.69, 9.17) is 0 Å². The van der Waals surface area contributed by atoms with Gasteiger partial charge in [-0.05, 0) is 18.2 Å². The number of anilines is 2. The fraction of sp³-hybridized carbons (Fsp3) is 0.0909. The lowest BCUT2D eigenvalue weighted by Crippen LogP contribution is -2.14. The number of nitrogens with zero attached hydrogens (tertiary/aromatic N) is 3. The standard InChI is InChI=1S/C11H11N5O/c1-12-9-7-8(3-6-13-9)10(17)16-11-14-4-2-5-15-11/h2-7H,1H3,(H,12,13)(H,14,15,16,17). The molecular weight excluding hydrogens is 218 g/mol. The average molecular weight is 229 g/mol. The van der Waals surface area contributed by atoms with E-state index in [0.29, 0.717) is 11.4 Å². The van der Waals surface area contributed by atoms with Crippen LogP contribution in [0.4, 0.5) is 11.8 Å². The third-order valence-corrected chi connectivity index (χ3v) is 2.07. The number of aromatic nitrogens is 3. The van der Waals surface area contributed by atoms with E-state index in [1.807, 2.05) is 0 Å². The first-order valence-corrected chi connectivity index (χ1v) is 5.02. The van der Waals surface area contributed by atoms with E-state index in [-0.39, 0.29) is 11.9 Å². The molecule has 0 spiro atoms. The zero-order valence-electron chi connectivity index (χ0n) is 9.21. The molecule has 0 fully saturated rings. The van der Waals surface area contributed by atoms with Crippen LogP contribution >= 0.6 is 0 Å². The van der Waals surface area contributed by atoms with Gasteiger partial charge in [-0.3, -0.25) is 10.1 Å². The van der Waals surface area contributed by atoms with Crippen LogP contribution in [-0.4, -0.2) is 27.9 Å². The largest absolute Gasteiger partial charge is 0.373 e. The molecule has 86 valence electrons. The summed E-state index contributed by atoms with van der Waals surface area (Å²) in [6.07, 6.45) is 4.69. The lowest BCUT2D eigenvalue weighted by molar-refractivity contribution is 0.102. The van der Waals surface area contributed by atoms with Gasteiger partial charge in [0, 0.05) is 31.2 Å². The second-order valence-electron chi connectivity index (χ2n) is 3.21. The molecule has 2 aromatic heterocycles. The maximum atomic E-state index is 11.8. The Labute approximate surface area is 98.1 Å². The minimum Gasteiger partial charge on any atom is -0.373 e. The molecule has 0 aliphatic rings. The van der Waals surface area contributed by atoms with Gasteiger partial charge in [-0.25, -0.2) is 15.0 Å². The maximum absolute atomic E-state index is 11.8. The summed E-state index contributed by atoms with van der Waals surface area (Å²) in [5.41, 5.74) is 0.497. The molecule has 0 unspecified atom stereocenters. The second kappa shape index (κ2) is 5.02. The smallest absolute Gasteiger partial charge is 0.258 e. The van der Waals surface area contributed by atoms with E-state index >= 15 is 0 Å². The minimum atomic E-state index is -0.268. The summed E-state index contributed by atoms with van der Waals surface area (Å²) in [5, 5.41) is 5.46. The molecule has 0 bridgehead atoms. The third kappa shape index (κ3) is 2.75. The van der Waals surface area contributed by atoms with Crippen molar-refractivity contribution in [3.63, 3.8) is 0 Å². The van der Waals surface area contributed by atoms with Crippen molar-refractivity contribution in [3.8, 4) is 0 Å². The zero-order chi connectivity index (χ0) is 12.1. The van der Waals surface area contributed by atoms with Gasteiger partial charge in [-0.15, -0.1) is 0 Å². The highest BCUT2D eigenvalue weighted by molar-refractivity contribution is 6.03. The molecule has 0 aliphatic carbocycles. The van der Waals surface area contributed by atoms with Crippen LogP contribution in [0.2, 0.25) is 0 Å². The Morgan fingerprint density at radius 3 is 2.65 bits per heavy atom. The molecule has 0 saturated heterocycles. The molecule has 6 nitrogen and oxygen atoms in total. The van der Waals surface area contributed by atoms with Gasteiger partial charge in [0.2, 0.25) is 5.95 Å². The number of carbonyl (C=O) groups is 1.